The Bertz CT molecular complexity index is 614. The Morgan fingerprint density at radius 3 is 2.74 bits per heavy atom. The van der Waals surface area contributed by atoms with E-state index in [0.29, 0.717) is 12.1 Å². The summed E-state index contributed by atoms with van der Waals surface area (Å²) in [5, 5.41) is 12.5. The van der Waals surface area contributed by atoms with Gasteiger partial charge in [0.1, 0.15) is 11.8 Å². The van der Waals surface area contributed by atoms with E-state index in [9.17, 15) is 0 Å². The highest BCUT2D eigenvalue weighted by atomic mass is 16.5. The van der Waals surface area contributed by atoms with Gasteiger partial charge < -0.3 is 10.1 Å². The first-order valence-electron chi connectivity index (χ1n) is 6.11. The lowest BCUT2D eigenvalue weighted by Crippen LogP contribution is -2.02. The Morgan fingerprint density at radius 2 is 2.00 bits per heavy atom. The van der Waals surface area contributed by atoms with Crippen LogP contribution in [0, 0.1) is 18.3 Å². The van der Waals surface area contributed by atoms with Crippen molar-refractivity contribution < 1.29 is 4.74 Å². The molecule has 0 amide bonds. The minimum Gasteiger partial charge on any atom is -0.497 e. The Labute approximate surface area is 113 Å². The van der Waals surface area contributed by atoms with Crippen molar-refractivity contribution in [1.29, 1.82) is 5.26 Å². The van der Waals surface area contributed by atoms with Crippen molar-refractivity contribution in [3.8, 4) is 11.8 Å². The van der Waals surface area contributed by atoms with Crippen LogP contribution in [0.15, 0.2) is 42.5 Å². The molecule has 19 heavy (non-hydrogen) atoms. The Hall–Kier alpha value is -2.47. The quantitative estimate of drug-likeness (QED) is 0.906. The molecule has 0 saturated carbocycles. The average Bonchev–Trinajstić information content (AvgIpc) is 2.45. The number of anilines is 1. The van der Waals surface area contributed by atoms with Crippen LogP contribution < -0.4 is 10.1 Å². The number of rotatable bonds is 4. The van der Waals surface area contributed by atoms with Crippen molar-refractivity contribution in [2.45, 2.75) is 13.5 Å². The topological polar surface area (TPSA) is 45.0 Å². The molecule has 0 bridgehead atoms. The molecule has 3 nitrogen and oxygen atoms in total. The molecule has 0 unspecified atom stereocenters. The number of nitriles is 1. The smallest absolute Gasteiger partial charge is 0.119 e. The normalized spacial score (nSPS) is 9.74. The first-order valence-corrected chi connectivity index (χ1v) is 6.11. The molecule has 0 saturated heterocycles. The second-order valence-corrected chi connectivity index (χ2v) is 4.31. The van der Waals surface area contributed by atoms with Crippen molar-refractivity contribution in [3.05, 3.63) is 59.2 Å². The zero-order valence-electron chi connectivity index (χ0n) is 11.1. The molecule has 0 fully saturated rings. The van der Waals surface area contributed by atoms with Gasteiger partial charge in [0.25, 0.3) is 0 Å². The number of hydrogen-bond donors (Lipinski definition) is 1. The van der Waals surface area contributed by atoms with Crippen LogP contribution >= 0.6 is 0 Å². The van der Waals surface area contributed by atoms with Gasteiger partial charge in [-0.2, -0.15) is 5.26 Å². The monoisotopic (exact) mass is 252 g/mol. The van der Waals surface area contributed by atoms with Gasteiger partial charge in [0.05, 0.1) is 18.4 Å². The fourth-order valence-corrected chi connectivity index (χ4v) is 1.94. The minimum atomic E-state index is 0.662. The SMILES string of the molecule is COc1cccc(CNc2cccc(C)c2C#N)c1. The van der Waals surface area contributed by atoms with E-state index >= 15 is 0 Å². The van der Waals surface area contributed by atoms with Crippen LogP contribution in [-0.2, 0) is 6.54 Å². The summed E-state index contributed by atoms with van der Waals surface area (Å²) >= 11 is 0. The number of benzene rings is 2. The fourth-order valence-electron chi connectivity index (χ4n) is 1.94. The number of aryl methyl sites for hydroxylation is 1. The maximum atomic E-state index is 9.17. The van der Waals surface area contributed by atoms with Gasteiger partial charge in [0, 0.05) is 6.54 Å². The zero-order chi connectivity index (χ0) is 13.7. The van der Waals surface area contributed by atoms with E-state index in [0.717, 1.165) is 22.6 Å². The molecule has 0 aliphatic rings. The molecule has 2 rings (SSSR count). The summed E-state index contributed by atoms with van der Waals surface area (Å²) < 4.78 is 5.19. The highest BCUT2D eigenvalue weighted by Crippen LogP contribution is 2.20. The van der Waals surface area contributed by atoms with E-state index in [1.165, 1.54) is 0 Å². The van der Waals surface area contributed by atoms with Crippen LogP contribution in [0.25, 0.3) is 0 Å². The van der Waals surface area contributed by atoms with Gasteiger partial charge >= 0.3 is 0 Å². The number of nitrogens with zero attached hydrogens (tertiary/aromatic N) is 1. The molecular formula is C16H16N2O. The van der Waals surface area contributed by atoms with Gasteiger partial charge in [-0.3, -0.25) is 0 Å². The largest absolute Gasteiger partial charge is 0.497 e. The molecule has 96 valence electrons. The molecule has 0 radical (unpaired) electrons. The van der Waals surface area contributed by atoms with Crippen molar-refractivity contribution in [2.24, 2.45) is 0 Å². The maximum absolute atomic E-state index is 9.17. The average molecular weight is 252 g/mol. The van der Waals surface area contributed by atoms with E-state index in [1.54, 1.807) is 7.11 Å². The van der Waals surface area contributed by atoms with Crippen LogP contribution in [0.2, 0.25) is 0 Å². The molecule has 1 N–H and O–H groups in total. The van der Waals surface area contributed by atoms with Gasteiger partial charge in [-0.25, -0.2) is 0 Å². The number of ether oxygens (including phenoxy) is 1. The van der Waals surface area contributed by atoms with Gasteiger partial charge in [-0.15, -0.1) is 0 Å². The summed E-state index contributed by atoms with van der Waals surface area (Å²) in [6.45, 7) is 2.60. The highest BCUT2D eigenvalue weighted by Gasteiger charge is 2.04. The lowest BCUT2D eigenvalue weighted by atomic mass is 10.1. The van der Waals surface area contributed by atoms with Crippen molar-refractivity contribution in [3.63, 3.8) is 0 Å². The van der Waals surface area contributed by atoms with Crippen molar-refractivity contribution in [1.82, 2.24) is 0 Å². The van der Waals surface area contributed by atoms with E-state index in [4.69, 9.17) is 10.00 Å². The standard InChI is InChI=1S/C16H16N2O/c1-12-5-3-8-16(15(12)10-17)18-11-13-6-4-7-14(9-13)19-2/h3-9,18H,11H2,1-2H3. The molecule has 0 aliphatic carbocycles. The first kappa shape index (κ1) is 13.0. The number of methoxy groups -OCH3 is 1. The third-order valence-corrected chi connectivity index (χ3v) is 3.00. The highest BCUT2D eigenvalue weighted by molar-refractivity contribution is 5.60. The van der Waals surface area contributed by atoms with Crippen molar-refractivity contribution >= 4 is 5.69 Å². The predicted molar refractivity (Wildman–Crippen MR) is 76.2 cm³/mol. The lowest BCUT2D eigenvalue weighted by molar-refractivity contribution is 0.414. The maximum Gasteiger partial charge on any atom is 0.119 e. The number of nitrogens with one attached hydrogen (secondary N) is 1. The second kappa shape index (κ2) is 5.92. The molecule has 0 aliphatic heterocycles. The predicted octanol–water partition coefficient (Wildman–Crippen LogP) is 3.49. The molecule has 2 aromatic rings. The number of hydrogen-bond acceptors (Lipinski definition) is 3. The van der Waals surface area contributed by atoms with Gasteiger partial charge in [-0.05, 0) is 36.2 Å². The molecule has 2 aromatic carbocycles. The van der Waals surface area contributed by atoms with Crippen LogP contribution in [0.5, 0.6) is 5.75 Å². The summed E-state index contributed by atoms with van der Waals surface area (Å²) in [6.07, 6.45) is 0. The molecule has 0 aromatic heterocycles. The van der Waals surface area contributed by atoms with E-state index in [-0.39, 0.29) is 0 Å². The molecule has 0 atom stereocenters. The van der Waals surface area contributed by atoms with Gasteiger partial charge in [0.2, 0.25) is 0 Å². The van der Waals surface area contributed by atoms with Crippen LogP contribution in [0.4, 0.5) is 5.69 Å². The summed E-state index contributed by atoms with van der Waals surface area (Å²) in [6, 6.07) is 15.9. The molecule has 0 heterocycles. The Kier molecular flexibility index (Phi) is 4.04. The molecule has 3 heteroatoms. The third kappa shape index (κ3) is 3.05. The Balaban J connectivity index is 2.15. The van der Waals surface area contributed by atoms with Crippen LogP contribution in [0.1, 0.15) is 16.7 Å². The third-order valence-electron chi connectivity index (χ3n) is 3.00. The van der Waals surface area contributed by atoms with Gasteiger partial charge in [0.15, 0.2) is 0 Å². The zero-order valence-corrected chi connectivity index (χ0v) is 11.1. The summed E-state index contributed by atoms with van der Waals surface area (Å²) in [7, 11) is 1.65. The lowest BCUT2D eigenvalue weighted by Gasteiger charge is -2.10. The second-order valence-electron chi connectivity index (χ2n) is 4.31. The van der Waals surface area contributed by atoms with E-state index < -0.39 is 0 Å². The Morgan fingerprint density at radius 1 is 1.21 bits per heavy atom. The van der Waals surface area contributed by atoms with Gasteiger partial charge in [-0.1, -0.05) is 24.3 Å². The molecule has 0 spiro atoms. The first-order chi connectivity index (χ1) is 9.24. The summed E-state index contributed by atoms with van der Waals surface area (Å²) in [5.74, 6) is 0.837. The van der Waals surface area contributed by atoms with E-state index in [2.05, 4.69) is 11.4 Å². The van der Waals surface area contributed by atoms with Crippen molar-refractivity contribution in [2.75, 3.05) is 12.4 Å². The summed E-state index contributed by atoms with van der Waals surface area (Å²) in [5.41, 5.74) is 3.67. The van der Waals surface area contributed by atoms with Crippen LogP contribution in [0.3, 0.4) is 0 Å². The van der Waals surface area contributed by atoms with Crippen LogP contribution in [-0.4, -0.2) is 7.11 Å². The molecular weight excluding hydrogens is 236 g/mol. The minimum absolute atomic E-state index is 0.662. The summed E-state index contributed by atoms with van der Waals surface area (Å²) in [4.78, 5) is 0. The fraction of sp³-hybridized carbons (Fsp3) is 0.188. The van der Waals surface area contributed by atoms with E-state index in [1.807, 2.05) is 49.4 Å².